The summed E-state index contributed by atoms with van der Waals surface area (Å²) in [5.74, 6) is -0.347. The number of rotatable bonds is 5. The molecule has 1 aliphatic rings. The lowest BCUT2D eigenvalue weighted by molar-refractivity contribution is -0.125. The van der Waals surface area contributed by atoms with Crippen LogP contribution in [-0.2, 0) is 9.59 Å². The quantitative estimate of drug-likeness (QED) is 0.882. The summed E-state index contributed by atoms with van der Waals surface area (Å²) in [4.78, 5) is 27.7. The second kappa shape index (κ2) is 6.46. The number of nitrogens with zero attached hydrogens (tertiary/aromatic N) is 1. The largest absolute Gasteiger partial charge is 0.347 e. The summed E-state index contributed by atoms with van der Waals surface area (Å²) in [7, 11) is 0. The van der Waals surface area contributed by atoms with E-state index < -0.39 is 0 Å². The number of hydrogen-bond donors (Lipinski definition) is 2. The number of hydrogen-bond acceptors (Lipinski definition) is 4. The summed E-state index contributed by atoms with van der Waals surface area (Å²) >= 11 is 7.47. The number of thiazole rings is 1. The standard InChI is InChI=1S/C15H14ClN3O2S/c16-12-4-2-1-3-9(12)10-7-11(10)14(21)18-8-13(20)19-15-17-5-6-22-15/h1-6,10-11H,7-8H2,(H,18,21)(H,17,19,20)/t10-,11-/m1/s1. The van der Waals surface area contributed by atoms with Crippen LogP contribution in [0.25, 0.3) is 0 Å². The van der Waals surface area contributed by atoms with Gasteiger partial charge in [0.2, 0.25) is 11.8 Å². The van der Waals surface area contributed by atoms with Crippen LogP contribution in [0.5, 0.6) is 0 Å². The molecule has 2 aromatic rings. The third-order valence-corrected chi connectivity index (χ3v) is 4.57. The first-order valence-electron chi connectivity index (χ1n) is 6.86. The zero-order valence-electron chi connectivity index (χ0n) is 11.6. The van der Waals surface area contributed by atoms with E-state index in [0.29, 0.717) is 10.2 Å². The second-order valence-corrected chi connectivity index (χ2v) is 6.38. The van der Waals surface area contributed by atoms with E-state index in [1.54, 1.807) is 11.6 Å². The first kappa shape index (κ1) is 15.0. The molecule has 0 bridgehead atoms. The highest BCUT2D eigenvalue weighted by Gasteiger charge is 2.44. The van der Waals surface area contributed by atoms with Crippen LogP contribution in [0.3, 0.4) is 0 Å². The van der Waals surface area contributed by atoms with E-state index in [0.717, 1.165) is 12.0 Å². The van der Waals surface area contributed by atoms with Gasteiger partial charge in [-0.05, 0) is 24.0 Å². The molecule has 0 aliphatic heterocycles. The number of halogens is 1. The van der Waals surface area contributed by atoms with Gasteiger partial charge in [-0.25, -0.2) is 4.98 Å². The smallest absolute Gasteiger partial charge is 0.245 e. The van der Waals surface area contributed by atoms with Crippen molar-refractivity contribution < 1.29 is 9.59 Å². The van der Waals surface area contributed by atoms with Crippen molar-refractivity contribution in [3.63, 3.8) is 0 Å². The van der Waals surface area contributed by atoms with Crippen LogP contribution in [-0.4, -0.2) is 23.3 Å². The SMILES string of the molecule is O=C(CNC(=O)[C@@H]1C[C@@H]1c1ccccc1Cl)Nc1nccs1. The fraction of sp³-hybridized carbons (Fsp3) is 0.267. The Morgan fingerprint density at radius 2 is 2.18 bits per heavy atom. The van der Waals surface area contributed by atoms with Gasteiger partial charge in [0.05, 0.1) is 6.54 Å². The maximum atomic E-state index is 12.1. The molecule has 0 spiro atoms. The molecular formula is C15H14ClN3O2S. The third kappa shape index (κ3) is 3.45. The molecule has 1 aromatic heterocycles. The minimum atomic E-state index is -0.279. The average molecular weight is 336 g/mol. The normalized spacial score (nSPS) is 19.5. The molecule has 2 atom stereocenters. The van der Waals surface area contributed by atoms with Crippen molar-refractivity contribution in [2.75, 3.05) is 11.9 Å². The number of carbonyl (C=O) groups is 2. The van der Waals surface area contributed by atoms with Crippen molar-refractivity contribution in [3.8, 4) is 0 Å². The summed E-state index contributed by atoms with van der Waals surface area (Å²) in [6.07, 6.45) is 2.38. The van der Waals surface area contributed by atoms with Crippen LogP contribution < -0.4 is 10.6 Å². The van der Waals surface area contributed by atoms with E-state index >= 15 is 0 Å². The molecule has 1 heterocycles. The third-order valence-electron chi connectivity index (χ3n) is 3.53. The topological polar surface area (TPSA) is 71.1 Å². The Hall–Kier alpha value is -1.92. The molecule has 0 saturated heterocycles. The summed E-state index contributed by atoms with van der Waals surface area (Å²) in [5.41, 5.74) is 0.997. The van der Waals surface area contributed by atoms with Crippen molar-refractivity contribution in [2.24, 2.45) is 5.92 Å². The predicted octanol–water partition coefficient (Wildman–Crippen LogP) is 2.65. The Labute approximate surface area is 136 Å². The Kier molecular flexibility index (Phi) is 4.40. The molecule has 2 N–H and O–H groups in total. The lowest BCUT2D eigenvalue weighted by atomic mass is 10.1. The van der Waals surface area contributed by atoms with Gasteiger partial charge in [0, 0.05) is 22.5 Å². The molecule has 5 nitrogen and oxygen atoms in total. The Morgan fingerprint density at radius 3 is 2.91 bits per heavy atom. The number of amides is 2. The predicted molar refractivity (Wildman–Crippen MR) is 86.1 cm³/mol. The fourth-order valence-electron chi connectivity index (χ4n) is 2.35. The van der Waals surface area contributed by atoms with Crippen LogP contribution in [0, 0.1) is 5.92 Å². The number of anilines is 1. The van der Waals surface area contributed by atoms with Crippen molar-refractivity contribution in [1.29, 1.82) is 0 Å². The molecule has 7 heteroatoms. The molecule has 1 fully saturated rings. The molecule has 2 amide bonds. The Bertz CT molecular complexity index is 690. The van der Waals surface area contributed by atoms with Crippen molar-refractivity contribution in [2.45, 2.75) is 12.3 Å². The van der Waals surface area contributed by atoms with E-state index in [2.05, 4.69) is 15.6 Å². The lowest BCUT2D eigenvalue weighted by Crippen LogP contribution is -2.34. The van der Waals surface area contributed by atoms with Crippen LogP contribution in [0.2, 0.25) is 5.02 Å². The van der Waals surface area contributed by atoms with Gasteiger partial charge in [-0.15, -0.1) is 11.3 Å². The number of carbonyl (C=O) groups excluding carboxylic acids is 2. The maximum absolute atomic E-state index is 12.1. The highest BCUT2D eigenvalue weighted by molar-refractivity contribution is 7.13. The Balaban J connectivity index is 1.48. The van der Waals surface area contributed by atoms with Crippen LogP contribution in [0.4, 0.5) is 5.13 Å². The minimum Gasteiger partial charge on any atom is -0.347 e. The van der Waals surface area contributed by atoms with Gasteiger partial charge < -0.3 is 10.6 Å². The van der Waals surface area contributed by atoms with Gasteiger partial charge >= 0.3 is 0 Å². The van der Waals surface area contributed by atoms with Crippen molar-refractivity contribution in [1.82, 2.24) is 10.3 Å². The molecule has 0 radical (unpaired) electrons. The monoisotopic (exact) mass is 335 g/mol. The zero-order valence-corrected chi connectivity index (χ0v) is 13.2. The molecule has 1 aromatic carbocycles. The van der Waals surface area contributed by atoms with Crippen molar-refractivity contribution in [3.05, 3.63) is 46.4 Å². The molecule has 114 valence electrons. The average Bonchev–Trinajstić information content (AvgIpc) is 3.14. The van der Waals surface area contributed by atoms with Gasteiger partial charge in [0.1, 0.15) is 0 Å². The van der Waals surface area contributed by atoms with Gasteiger partial charge in [-0.1, -0.05) is 29.8 Å². The van der Waals surface area contributed by atoms with E-state index in [1.165, 1.54) is 11.3 Å². The second-order valence-electron chi connectivity index (χ2n) is 5.07. The van der Waals surface area contributed by atoms with E-state index in [-0.39, 0.29) is 30.2 Å². The van der Waals surface area contributed by atoms with Crippen molar-refractivity contribution >= 4 is 39.9 Å². The molecule has 3 rings (SSSR count). The van der Waals surface area contributed by atoms with E-state index in [4.69, 9.17) is 11.6 Å². The van der Waals surface area contributed by atoms with Gasteiger partial charge in [0.25, 0.3) is 0 Å². The molecule has 1 aliphatic carbocycles. The summed E-state index contributed by atoms with van der Waals surface area (Å²) in [5, 5.41) is 8.26. The number of nitrogens with one attached hydrogen (secondary N) is 2. The zero-order chi connectivity index (χ0) is 15.5. The van der Waals surface area contributed by atoms with Crippen LogP contribution in [0.15, 0.2) is 35.8 Å². The minimum absolute atomic E-state index is 0.0514. The van der Waals surface area contributed by atoms with E-state index in [9.17, 15) is 9.59 Å². The maximum Gasteiger partial charge on any atom is 0.245 e. The number of benzene rings is 1. The number of aromatic nitrogens is 1. The lowest BCUT2D eigenvalue weighted by Gasteiger charge is -2.06. The highest BCUT2D eigenvalue weighted by atomic mass is 35.5. The first-order chi connectivity index (χ1) is 10.6. The molecule has 22 heavy (non-hydrogen) atoms. The highest BCUT2D eigenvalue weighted by Crippen LogP contribution is 2.49. The fourth-order valence-corrected chi connectivity index (χ4v) is 3.17. The summed E-state index contributed by atoms with van der Waals surface area (Å²) < 4.78 is 0. The summed E-state index contributed by atoms with van der Waals surface area (Å²) in [6, 6.07) is 7.54. The first-order valence-corrected chi connectivity index (χ1v) is 8.12. The van der Waals surface area contributed by atoms with Crippen LogP contribution in [0.1, 0.15) is 17.9 Å². The molecule has 1 saturated carbocycles. The molecular weight excluding hydrogens is 322 g/mol. The van der Waals surface area contributed by atoms with Gasteiger partial charge in [-0.3, -0.25) is 9.59 Å². The van der Waals surface area contributed by atoms with Crippen LogP contribution >= 0.6 is 22.9 Å². The van der Waals surface area contributed by atoms with Gasteiger partial charge in [-0.2, -0.15) is 0 Å². The summed E-state index contributed by atoms with van der Waals surface area (Å²) in [6.45, 7) is -0.0514. The molecule has 0 unspecified atom stereocenters. The van der Waals surface area contributed by atoms with Gasteiger partial charge in [0.15, 0.2) is 5.13 Å². The Morgan fingerprint density at radius 1 is 1.36 bits per heavy atom. The van der Waals surface area contributed by atoms with E-state index in [1.807, 2.05) is 24.3 Å².